The highest BCUT2D eigenvalue weighted by Crippen LogP contribution is 2.15. The number of carbonyl (C=O) groups excluding carboxylic acids is 1. The van der Waals surface area contributed by atoms with Gasteiger partial charge in [-0.25, -0.2) is 0 Å². The lowest BCUT2D eigenvalue weighted by Gasteiger charge is -2.12. The van der Waals surface area contributed by atoms with Crippen molar-refractivity contribution < 1.29 is 18.0 Å². The maximum Gasteiger partial charge on any atom is 0.471 e. The van der Waals surface area contributed by atoms with Gasteiger partial charge in [-0.2, -0.15) is 13.2 Å². The summed E-state index contributed by atoms with van der Waals surface area (Å²) in [6, 6.07) is -0.376. The molecule has 6 heteroatoms. The molecule has 0 saturated carbocycles. The molecule has 0 bridgehead atoms. The SMILES string of the molecule is O=C(N[C@H]1CCNC1)C(F)(F)F. The van der Waals surface area contributed by atoms with Gasteiger partial charge in [-0.05, 0) is 13.0 Å². The molecule has 0 spiro atoms. The van der Waals surface area contributed by atoms with Gasteiger partial charge >= 0.3 is 12.1 Å². The first-order valence-electron chi connectivity index (χ1n) is 3.58. The van der Waals surface area contributed by atoms with Gasteiger partial charge in [0, 0.05) is 12.6 Å². The molecular weight excluding hydrogens is 173 g/mol. The number of amides is 1. The van der Waals surface area contributed by atoms with Gasteiger partial charge in [-0.15, -0.1) is 0 Å². The zero-order valence-corrected chi connectivity index (χ0v) is 6.24. The second-order valence-corrected chi connectivity index (χ2v) is 2.66. The standard InChI is InChI=1S/C6H9F3N2O/c7-6(8,9)5(12)11-4-1-2-10-3-4/h4,10H,1-3H2,(H,11,12)/t4-/m0/s1. The van der Waals surface area contributed by atoms with Crippen molar-refractivity contribution in [3.8, 4) is 0 Å². The summed E-state index contributed by atoms with van der Waals surface area (Å²) in [6.07, 6.45) is -4.20. The Balaban J connectivity index is 2.35. The van der Waals surface area contributed by atoms with E-state index in [1.54, 1.807) is 0 Å². The summed E-state index contributed by atoms with van der Waals surface area (Å²) in [7, 11) is 0. The molecule has 0 aromatic rings. The van der Waals surface area contributed by atoms with E-state index in [0.29, 0.717) is 19.5 Å². The fourth-order valence-electron chi connectivity index (χ4n) is 1.05. The van der Waals surface area contributed by atoms with Crippen molar-refractivity contribution in [2.75, 3.05) is 13.1 Å². The van der Waals surface area contributed by atoms with Crippen LogP contribution in [0.5, 0.6) is 0 Å². The van der Waals surface area contributed by atoms with E-state index < -0.39 is 12.1 Å². The van der Waals surface area contributed by atoms with Crippen molar-refractivity contribution in [2.45, 2.75) is 18.6 Å². The third-order valence-corrected chi connectivity index (χ3v) is 1.65. The third-order valence-electron chi connectivity index (χ3n) is 1.65. The summed E-state index contributed by atoms with van der Waals surface area (Å²) in [5.41, 5.74) is 0. The van der Waals surface area contributed by atoms with Crippen molar-refractivity contribution in [3.63, 3.8) is 0 Å². The van der Waals surface area contributed by atoms with Gasteiger partial charge in [-0.1, -0.05) is 0 Å². The average molecular weight is 182 g/mol. The minimum absolute atomic E-state index is 0.376. The Morgan fingerprint density at radius 1 is 1.50 bits per heavy atom. The Morgan fingerprint density at radius 2 is 2.17 bits per heavy atom. The van der Waals surface area contributed by atoms with E-state index in [1.807, 2.05) is 5.32 Å². The predicted octanol–water partition coefficient (Wildman–Crippen LogP) is 0.0268. The van der Waals surface area contributed by atoms with Crippen molar-refractivity contribution in [3.05, 3.63) is 0 Å². The quantitative estimate of drug-likeness (QED) is 0.600. The van der Waals surface area contributed by atoms with E-state index >= 15 is 0 Å². The number of hydrogen-bond donors (Lipinski definition) is 2. The lowest BCUT2D eigenvalue weighted by molar-refractivity contribution is -0.174. The van der Waals surface area contributed by atoms with Crippen LogP contribution in [0, 0.1) is 0 Å². The summed E-state index contributed by atoms with van der Waals surface area (Å²) in [4.78, 5) is 10.4. The van der Waals surface area contributed by atoms with E-state index in [0.717, 1.165) is 0 Å². The first kappa shape index (κ1) is 9.31. The van der Waals surface area contributed by atoms with E-state index in [2.05, 4.69) is 5.32 Å². The van der Waals surface area contributed by atoms with Crippen LogP contribution in [0.25, 0.3) is 0 Å². The summed E-state index contributed by atoms with van der Waals surface area (Å²) >= 11 is 0. The van der Waals surface area contributed by atoms with Crippen LogP contribution < -0.4 is 10.6 Å². The van der Waals surface area contributed by atoms with Gasteiger partial charge in [0.05, 0.1) is 0 Å². The van der Waals surface area contributed by atoms with Gasteiger partial charge in [-0.3, -0.25) is 4.79 Å². The molecule has 0 unspecified atom stereocenters. The molecule has 70 valence electrons. The summed E-state index contributed by atoms with van der Waals surface area (Å²) in [6.45, 7) is 1.07. The molecule has 1 aliphatic rings. The van der Waals surface area contributed by atoms with Gasteiger partial charge in [0.2, 0.25) is 0 Å². The Labute approximate surface area is 67.3 Å². The number of alkyl halides is 3. The van der Waals surface area contributed by atoms with Crippen LogP contribution in [0.4, 0.5) is 13.2 Å². The summed E-state index contributed by atoms with van der Waals surface area (Å²) in [5, 5.41) is 4.74. The van der Waals surface area contributed by atoms with Crippen LogP contribution in [0.1, 0.15) is 6.42 Å². The highest BCUT2D eigenvalue weighted by Gasteiger charge is 2.39. The summed E-state index contributed by atoms with van der Waals surface area (Å²) < 4.78 is 35.0. The fraction of sp³-hybridized carbons (Fsp3) is 0.833. The van der Waals surface area contributed by atoms with Crippen molar-refractivity contribution >= 4 is 5.91 Å². The normalized spacial score (nSPS) is 24.1. The Hall–Kier alpha value is -0.780. The van der Waals surface area contributed by atoms with Gasteiger partial charge in [0.1, 0.15) is 0 Å². The molecule has 1 rings (SSSR count). The zero-order chi connectivity index (χ0) is 9.19. The number of hydrogen-bond acceptors (Lipinski definition) is 2. The molecule has 3 nitrogen and oxygen atoms in total. The molecule has 2 N–H and O–H groups in total. The second kappa shape index (κ2) is 3.30. The van der Waals surface area contributed by atoms with Gasteiger partial charge < -0.3 is 10.6 Å². The van der Waals surface area contributed by atoms with Crippen LogP contribution in [-0.2, 0) is 4.79 Å². The van der Waals surface area contributed by atoms with Crippen LogP contribution in [0.2, 0.25) is 0 Å². The lowest BCUT2D eigenvalue weighted by Crippen LogP contribution is -2.43. The second-order valence-electron chi connectivity index (χ2n) is 2.66. The largest absolute Gasteiger partial charge is 0.471 e. The lowest BCUT2D eigenvalue weighted by atomic mass is 10.2. The number of rotatable bonds is 1. The van der Waals surface area contributed by atoms with Crippen LogP contribution in [0.15, 0.2) is 0 Å². The van der Waals surface area contributed by atoms with E-state index in [1.165, 1.54) is 0 Å². The minimum Gasteiger partial charge on any atom is -0.344 e. The maximum atomic E-state index is 11.7. The number of carbonyl (C=O) groups is 1. The van der Waals surface area contributed by atoms with Crippen molar-refractivity contribution in [1.29, 1.82) is 0 Å². The van der Waals surface area contributed by atoms with E-state index in [9.17, 15) is 18.0 Å². The Kier molecular flexibility index (Phi) is 2.56. The number of halogens is 3. The van der Waals surface area contributed by atoms with Crippen LogP contribution >= 0.6 is 0 Å². The highest BCUT2D eigenvalue weighted by molar-refractivity contribution is 5.81. The molecule has 1 heterocycles. The van der Waals surface area contributed by atoms with Crippen molar-refractivity contribution in [1.82, 2.24) is 10.6 Å². The molecule has 1 amide bonds. The number of nitrogens with one attached hydrogen (secondary N) is 2. The Bertz CT molecular complexity index is 174. The molecule has 0 aliphatic carbocycles. The first-order chi connectivity index (χ1) is 5.50. The molecular formula is C6H9F3N2O. The topological polar surface area (TPSA) is 41.1 Å². The molecule has 12 heavy (non-hydrogen) atoms. The van der Waals surface area contributed by atoms with Crippen LogP contribution in [0.3, 0.4) is 0 Å². The molecule has 1 saturated heterocycles. The predicted molar refractivity (Wildman–Crippen MR) is 35.5 cm³/mol. The minimum atomic E-state index is -4.76. The van der Waals surface area contributed by atoms with Gasteiger partial charge in [0.15, 0.2) is 0 Å². The molecule has 1 aliphatic heterocycles. The van der Waals surface area contributed by atoms with Crippen molar-refractivity contribution in [2.24, 2.45) is 0 Å². The molecule has 0 aromatic heterocycles. The fourth-order valence-corrected chi connectivity index (χ4v) is 1.05. The zero-order valence-electron chi connectivity index (χ0n) is 6.24. The Morgan fingerprint density at radius 3 is 2.58 bits per heavy atom. The average Bonchev–Trinajstić information content (AvgIpc) is 2.37. The van der Waals surface area contributed by atoms with E-state index in [4.69, 9.17) is 0 Å². The smallest absolute Gasteiger partial charge is 0.344 e. The molecule has 0 aromatic carbocycles. The van der Waals surface area contributed by atoms with Crippen LogP contribution in [-0.4, -0.2) is 31.2 Å². The van der Waals surface area contributed by atoms with Gasteiger partial charge in [0.25, 0.3) is 0 Å². The highest BCUT2D eigenvalue weighted by atomic mass is 19.4. The molecule has 0 radical (unpaired) electrons. The maximum absolute atomic E-state index is 11.7. The first-order valence-corrected chi connectivity index (χ1v) is 3.58. The van der Waals surface area contributed by atoms with E-state index in [-0.39, 0.29) is 6.04 Å². The monoisotopic (exact) mass is 182 g/mol. The molecule has 1 atom stereocenters. The summed E-state index contributed by atoms with van der Waals surface area (Å²) in [5.74, 6) is -1.85. The third kappa shape index (κ3) is 2.37. The molecule has 1 fully saturated rings.